The van der Waals surface area contributed by atoms with Gasteiger partial charge in [-0.05, 0) is 67.6 Å². The van der Waals surface area contributed by atoms with E-state index in [1.807, 2.05) is 26.0 Å². The standard InChI is InChI=1S/C29H30F3NO4S2/c1-28(2,38-20-8-4-5-9-20)25(27(35)36)33-26(34)23-16-13-19-7-3-6-10-22(19)24(23)37-17-18-11-14-21(15-12-18)39-29(30,31)32/h3,6-7,10-16,20,25H,4-5,8-9,17H2,1-2H3,(H,33,34)(H,35,36). The molecule has 0 heterocycles. The van der Waals surface area contributed by atoms with Crippen LogP contribution in [0.1, 0.15) is 55.5 Å². The molecule has 1 unspecified atom stereocenters. The molecule has 1 aliphatic carbocycles. The summed E-state index contributed by atoms with van der Waals surface area (Å²) in [6.07, 6.45) is 4.32. The minimum absolute atomic E-state index is 0.0106. The molecule has 0 spiro atoms. The van der Waals surface area contributed by atoms with Gasteiger partial charge in [0.1, 0.15) is 18.4 Å². The first-order valence-electron chi connectivity index (χ1n) is 12.6. The van der Waals surface area contributed by atoms with Gasteiger partial charge in [-0.1, -0.05) is 55.3 Å². The van der Waals surface area contributed by atoms with Gasteiger partial charge in [-0.15, -0.1) is 11.8 Å². The molecule has 1 atom stereocenters. The number of nitrogens with one attached hydrogen (secondary N) is 1. The largest absolute Gasteiger partial charge is 0.487 e. The normalized spacial score (nSPS) is 15.3. The molecule has 1 aliphatic rings. The minimum atomic E-state index is -4.37. The monoisotopic (exact) mass is 577 g/mol. The Morgan fingerprint density at radius 1 is 1.03 bits per heavy atom. The zero-order valence-electron chi connectivity index (χ0n) is 21.6. The molecule has 5 nitrogen and oxygen atoms in total. The van der Waals surface area contributed by atoms with Crippen molar-refractivity contribution < 1.29 is 32.6 Å². The number of rotatable bonds is 10. The van der Waals surface area contributed by atoms with E-state index in [0.29, 0.717) is 16.2 Å². The van der Waals surface area contributed by atoms with Crippen LogP contribution in [0, 0.1) is 0 Å². The molecular formula is C29H30F3NO4S2. The highest BCUT2D eigenvalue weighted by Gasteiger charge is 2.40. The number of aliphatic carboxylic acids is 1. The lowest BCUT2D eigenvalue weighted by Gasteiger charge is -2.33. The lowest BCUT2D eigenvalue weighted by atomic mass is 10.0. The number of carbonyl (C=O) groups excluding carboxylic acids is 1. The van der Waals surface area contributed by atoms with Crippen molar-refractivity contribution in [3.05, 3.63) is 71.8 Å². The maximum absolute atomic E-state index is 13.5. The first-order valence-corrected chi connectivity index (χ1v) is 14.3. The van der Waals surface area contributed by atoms with Crippen LogP contribution in [-0.4, -0.2) is 38.5 Å². The van der Waals surface area contributed by atoms with Gasteiger partial charge in [0.15, 0.2) is 0 Å². The number of carboxylic acid groups (broad SMARTS) is 1. The summed E-state index contributed by atoms with van der Waals surface area (Å²) in [5.74, 6) is -1.40. The van der Waals surface area contributed by atoms with Gasteiger partial charge < -0.3 is 15.2 Å². The van der Waals surface area contributed by atoms with E-state index in [0.717, 1.165) is 31.1 Å². The molecule has 0 radical (unpaired) electrons. The number of carboxylic acids is 1. The van der Waals surface area contributed by atoms with Crippen LogP contribution >= 0.6 is 23.5 Å². The van der Waals surface area contributed by atoms with E-state index in [4.69, 9.17) is 4.74 Å². The van der Waals surface area contributed by atoms with Crippen molar-refractivity contribution in [2.75, 3.05) is 0 Å². The number of hydrogen-bond donors (Lipinski definition) is 2. The fraction of sp³-hybridized carbons (Fsp3) is 0.379. The number of thioether (sulfide) groups is 2. The van der Waals surface area contributed by atoms with Gasteiger partial charge in [0, 0.05) is 20.3 Å². The molecule has 0 bridgehead atoms. The molecule has 0 aromatic heterocycles. The average molecular weight is 578 g/mol. The third kappa shape index (κ3) is 7.63. The predicted molar refractivity (Wildman–Crippen MR) is 149 cm³/mol. The molecule has 2 N–H and O–H groups in total. The van der Waals surface area contributed by atoms with E-state index in [1.54, 1.807) is 48.2 Å². The molecule has 39 heavy (non-hydrogen) atoms. The highest BCUT2D eigenvalue weighted by molar-refractivity contribution is 8.01. The van der Waals surface area contributed by atoms with Crippen molar-refractivity contribution in [2.24, 2.45) is 0 Å². The van der Waals surface area contributed by atoms with Gasteiger partial charge in [0.05, 0.1) is 5.56 Å². The molecule has 1 amide bonds. The third-order valence-electron chi connectivity index (χ3n) is 6.65. The highest BCUT2D eigenvalue weighted by Crippen LogP contribution is 2.40. The second-order valence-electron chi connectivity index (χ2n) is 10.0. The average Bonchev–Trinajstić information content (AvgIpc) is 3.37. The molecule has 0 aliphatic heterocycles. The van der Waals surface area contributed by atoms with E-state index >= 15 is 0 Å². The van der Waals surface area contributed by atoms with Gasteiger partial charge in [0.2, 0.25) is 0 Å². The van der Waals surface area contributed by atoms with Crippen molar-refractivity contribution >= 4 is 46.2 Å². The van der Waals surface area contributed by atoms with Gasteiger partial charge in [-0.2, -0.15) is 13.2 Å². The molecule has 208 valence electrons. The minimum Gasteiger partial charge on any atom is -0.487 e. The third-order valence-corrected chi connectivity index (χ3v) is 9.04. The Kier molecular flexibility index (Phi) is 9.06. The van der Waals surface area contributed by atoms with Crippen LogP contribution in [0.4, 0.5) is 13.2 Å². The van der Waals surface area contributed by atoms with Crippen molar-refractivity contribution in [3.63, 3.8) is 0 Å². The summed E-state index contributed by atoms with van der Waals surface area (Å²) in [7, 11) is 0. The Bertz CT molecular complexity index is 1320. The number of amides is 1. The number of hydrogen-bond acceptors (Lipinski definition) is 5. The lowest BCUT2D eigenvalue weighted by Crippen LogP contribution is -2.53. The summed E-state index contributed by atoms with van der Waals surface area (Å²) in [5.41, 5.74) is -3.56. The van der Waals surface area contributed by atoms with Crippen LogP contribution in [0.5, 0.6) is 5.75 Å². The summed E-state index contributed by atoms with van der Waals surface area (Å²) in [4.78, 5) is 25.9. The number of benzene rings is 3. The molecular weight excluding hydrogens is 547 g/mol. The van der Waals surface area contributed by atoms with Crippen LogP contribution in [0.2, 0.25) is 0 Å². The van der Waals surface area contributed by atoms with Crippen molar-refractivity contribution in [1.29, 1.82) is 0 Å². The second-order valence-corrected chi connectivity index (χ2v) is 13.1. The molecule has 1 saturated carbocycles. The van der Waals surface area contributed by atoms with Crippen molar-refractivity contribution in [1.82, 2.24) is 5.32 Å². The maximum Gasteiger partial charge on any atom is 0.446 e. The SMILES string of the molecule is CC(C)(SC1CCCC1)C(NC(=O)c1ccc2ccccc2c1OCc1ccc(SC(F)(F)F)cc1)C(=O)O. The first-order chi connectivity index (χ1) is 18.4. The van der Waals surface area contributed by atoms with Gasteiger partial charge in [0.25, 0.3) is 5.91 Å². The molecule has 0 saturated heterocycles. The summed E-state index contributed by atoms with van der Waals surface area (Å²) in [5, 5.41) is 14.6. The summed E-state index contributed by atoms with van der Waals surface area (Å²) >= 11 is 1.41. The van der Waals surface area contributed by atoms with Crippen molar-refractivity contribution in [3.8, 4) is 5.75 Å². The number of halogens is 3. The maximum atomic E-state index is 13.5. The van der Waals surface area contributed by atoms with E-state index in [1.165, 1.54) is 12.1 Å². The number of carbonyl (C=O) groups is 2. The zero-order chi connectivity index (χ0) is 28.2. The van der Waals surface area contributed by atoms with Gasteiger partial charge >= 0.3 is 11.5 Å². The summed E-state index contributed by atoms with van der Waals surface area (Å²) in [6, 6.07) is 15.4. The fourth-order valence-electron chi connectivity index (χ4n) is 4.77. The van der Waals surface area contributed by atoms with E-state index < -0.39 is 28.2 Å². The summed E-state index contributed by atoms with van der Waals surface area (Å²) in [6.45, 7) is 3.69. The Balaban J connectivity index is 1.57. The molecule has 4 rings (SSSR count). The molecule has 3 aromatic rings. The lowest BCUT2D eigenvalue weighted by molar-refractivity contribution is -0.139. The zero-order valence-corrected chi connectivity index (χ0v) is 23.2. The quantitative estimate of drug-likeness (QED) is 0.241. The van der Waals surface area contributed by atoms with E-state index in [-0.39, 0.29) is 34.6 Å². The molecule has 1 fully saturated rings. The predicted octanol–water partition coefficient (Wildman–Crippen LogP) is 7.67. The number of ether oxygens (including phenoxy) is 1. The van der Waals surface area contributed by atoms with Crippen molar-refractivity contribution in [2.45, 2.75) is 72.6 Å². The highest BCUT2D eigenvalue weighted by atomic mass is 32.2. The second kappa shape index (κ2) is 12.1. The van der Waals surface area contributed by atoms with Crippen LogP contribution in [-0.2, 0) is 11.4 Å². The molecule has 10 heteroatoms. The van der Waals surface area contributed by atoms with Crippen LogP contribution in [0.15, 0.2) is 65.6 Å². The Labute approximate surface area is 233 Å². The summed E-state index contributed by atoms with van der Waals surface area (Å²) < 4.78 is 43.3. The topological polar surface area (TPSA) is 75.6 Å². The fourth-order valence-corrected chi connectivity index (χ4v) is 7.03. The van der Waals surface area contributed by atoms with Crippen LogP contribution in [0.3, 0.4) is 0 Å². The Morgan fingerprint density at radius 3 is 2.33 bits per heavy atom. The number of fused-ring (bicyclic) bond motifs is 1. The van der Waals surface area contributed by atoms with Crippen LogP contribution < -0.4 is 10.1 Å². The Hall–Kier alpha value is -2.85. The smallest absolute Gasteiger partial charge is 0.446 e. The Morgan fingerprint density at radius 2 is 1.69 bits per heavy atom. The van der Waals surface area contributed by atoms with Gasteiger partial charge in [-0.3, -0.25) is 4.79 Å². The van der Waals surface area contributed by atoms with Crippen LogP contribution in [0.25, 0.3) is 10.8 Å². The van der Waals surface area contributed by atoms with E-state index in [2.05, 4.69) is 5.32 Å². The first kappa shape index (κ1) is 29.1. The molecule has 3 aromatic carbocycles. The number of alkyl halides is 3. The van der Waals surface area contributed by atoms with Gasteiger partial charge in [-0.25, -0.2) is 4.79 Å². The van der Waals surface area contributed by atoms with E-state index in [9.17, 15) is 27.9 Å².